The van der Waals surface area contributed by atoms with Gasteiger partial charge in [-0.15, -0.1) is 0 Å². The highest BCUT2D eigenvalue weighted by Crippen LogP contribution is 2.20. The van der Waals surface area contributed by atoms with Crippen LogP contribution in [0.3, 0.4) is 0 Å². The molecule has 0 aromatic rings. The Balaban J connectivity index is 2.25. The molecule has 1 rings (SSSR count). The van der Waals surface area contributed by atoms with E-state index >= 15 is 0 Å². The Kier molecular flexibility index (Phi) is 4.35. The molecule has 0 aromatic carbocycles. The van der Waals surface area contributed by atoms with Crippen LogP contribution >= 0.6 is 0 Å². The van der Waals surface area contributed by atoms with Gasteiger partial charge in [0.15, 0.2) is 0 Å². The van der Waals surface area contributed by atoms with Crippen LogP contribution < -0.4 is 0 Å². The summed E-state index contributed by atoms with van der Waals surface area (Å²) in [7, 11) is 3.40. The summed E-state index contributed by atoms with van der Waals surface area (Å²) >= 11 is 0. The largest absolute Gasteiger partial charge is 0.469 e. The van der Waals surface area contributed by atoms with Gasteiger partial charge in [0.25, 0.3) is 0 Å². The topological polar surface area (TPSA) is 49.8 Å². The van der Waals surface area contributed by atoms with E-state index in [1.54, 1.807) is 0 Å². The number of likely N-dealkylation sites (tertiary alicyclic amines) is 1. The molecule has 1 N–H and O–H groups in total. The highest BCUT2D eigenvalue weighted by atomic mass is 16.5. The van der Waals surface area contributed by atoms with Gasteiger partial charge in [-0.2, -0.15) is 0 Å². The average molecular weight is 201 g/mol. The van der Waals surface area contributed by atoms with Crippen LogP contribution in [0.25, 0.3) is 0 Å². The number of hydrogen-bond donors (Lipinski definition) is 1. The molecular formula is C10H19NO3. The second kappa shape index (κ2) is 5.32. The fraction of sp³-hybridized carbons (Fsp3) is 0.900. The number of rotatable bonds is 4. The Morgan fingerprint density at radius 3 is 2.93 bits per heavy atom. The number of aliphatic hydroxyl groups excluding tert-OH is 1. The molecule has 0 amide bonds. The van der Waals surface area contributed by atoms with Crippen molar-refractivity contribution in [3.63, 3.8) is 0 Å². The molecule has 4 heteroatoms. The van der Waals surface area contributed by atoms with Gasteiger partial charge < -0.3 is 14.7 Å². The van der Waals surface area contributed by atoms with Crippen LogP contribution in [0.4, 0.5) is 0 Å². The van der Waals surface area contributed by atoms with Gasteiger partial charge in [0.1, 0.15) is 0 Å². The van der Waals surface area contributed by atoms with Gasteiger partial charge in [-0.1, -0.05) is 0 Å². The molecule has 2 unspecified atom stereocenters. The van der Waals surface area contributed by atoms with E-state index in [4.69, 9.17) is 0 Å². The summed E-state index contributed by atoms with van der Waals surface area (Å²) in [5.74, 6) is -0.335. The van der Waals surface area contributed by atoms with Crippen LogP contribution in [0.5, 0.6) is 0 Å². The summed E-state index contributed by atoms with van der Waals surface area (Å²) in [6.45, 7) is 1.09. The summed E-state index contributed by atoms with van der Waals surface area (Å²) in [6, 6.07) is 0.426. The van der Waals surface area contributed by atoms with Crippen molar-refractivity contribution < 1.29 is 14.6 Å². The number of methoxy groups -OCH3 is 1. The molecule has 0 spiro atoms. The molecule has 0 aromatic heterocycles. The van der Waals surface area contributed by atoms with E-state index in [9.17, 15) is 9.90 Å². The molecule has 1 heterocycles. The van der Waals surface area contributed by atoms with Gasteiger partial charge in [-0.25, -0.2) is 0 Å². The lowest BCUT2D eigenvalue weighted by Crippen LogP contribution is -2.30. The first-order valence-corrected chi connectivity index (χ1v) is 5.08. The molecule has 2 atom stereocenters. The Labute approximate surface area is 84.8 Å². The van der Waals surface area contributed by atoms with Crippen molar-refractivity contribution in [1.82, 2.24) is 4.90 Å². The molecule has 1 saturated heterocycles. The summed E-state index contributed by atoms with van der Waals surface area (Å²) < 4.78 is 4.50. The van der Waals surface area contributed by atoms with Crippen molar-refractivity contribution in [3.8, 4) is 0 Å². The predicted molar refractivity (Wildman–Crippen MR) is 52.9 cm³/mol. The zero-order valence-electron chi connectivity index (χ0n) is 8.90. The Morgan fingerprint density at radius 2 is 2.43 bits per heavy atom. The zero-order valence-corrected chi connectivity index (χ0v) is 8.90. The number of nitrogens with zero attached hydrogens (tertiary/aromatic N) is 1. The predicted octanol–water partition coefficient (Wildman–Crippen LogP) is 0.395. The van der Waals surface area contributed by atoms with Crippen molar-refractivity contribution in [2.45, 2.75) is 37.8 Å². The van der Waals surface area contributed by atoms with E-state index < -0.39 is 6.10 Å². The van der Waals surface area contributed by atoms with E-state index in [0.717, 1.165) is 13.0 Å². The maximum absolute atomic E-state index is 10.9. The molecular weight excluding hydrogens is 182 g/mol. The molecule has 1 aliphatic heterocycles. The van der Waals surface area contributed by atoms with Crippen LogP contribution in [-0.4, -0.2) is 48.8 Å². The first-order valence-electron chi connectivity index (χ1n) is 5.08. The van der Waals surface area contributed by atoms with Gasteiger partial charge in [-0.3, -0.25) is 4.79 Å². The minimum Gasteiger partial charge on any atom is -0.469 e. The van der Waals surface area contributed by atoms with E-state index in [-0.39, 0.29) is 12.4 Å². The number of esters is 1. The lowest BCUT2D eigenvalue weighted by molar-refractivity contribution is -0.143. The monoisotopic (exact) mass is 201 g/mol. The molecule has 0 aliphatic carbocycles. The van der Waals surface area contributed by atoms with Crippen LogP contribution in [0, 0.1) is 0 Å². The Morgan fingerprint density at radius 1 is 1.71 bits per heavy atom. The lowest BCUT2D eigenvalue weighted by atomic mass is 10.1. The Hall–Kier alpha value is -0.610. The minimum absolute atomic E-state index is 0.112. The maximum atomic E-state index is 10.9. The van der Waals surface area contributed by atoms with Gasteiger partial charge in [0, 0.05) is 6.04 Å². The fourth-order valence-corrected chi connectivity index (χ4v) is 1.95. The van der Waals surface area contributed by atoms with Crippen LogP contribution in [0.1, 0.15) is 25.7 Å². The third kappa shape index (κ3) is 3.27. The second-order valence-corrected chi connectivity index (χ2v) is 3.95. The van der Waals surface area contributed by atoms with E-state index in [1.807, 2.05) is 0 Å². The minimum atomic E-state index is -0.562. The number of carbonyl (C=O) groups is 1. The Bertz CT molecular complexity index is 196. The summed E-state index contributed by atoms with van der Waals surface area (Å²) in [5, 5.41) is 9.60. The molecule has 0 radical (unpaired) electrons. The summed E-state index contributed by atoms with van der Waals surface area (Å²) in [6.07, 6.45) is 2.53. The van der Waals surface area contributed by atoms with Crippen molar-refractivity contribution in [2.75, 3.05) is 20.7 Å². The van der Waals surface area contributed by atoms with Gasteiger partial charge >= 0.3 is 5.97 Å². The normalized spacial score (nSPS) is 24.9. The summed E-state index contributed by atoms with van der Waals surface area (Å²) in [5.41, 5.74) is 0. The molecule has 1 aliphatic rings. The molecule has 0 saturated carbocycles. The van der Waals surface area contributed by atoms with Gasteiger partial charge in [0.2, 0.25) is 0 Å². The van der Waals surface area contributed by atoms with Crippen molar-refractivity contribution in [3.05, 3.63) is 0 Å². The first-order chi connectivity index (χ1) is 6.63. The molecule has 14 heavy (non-hydrogen) atoms. The second-order valence-electron chi connectivity index (χ2n) is 3.95. The number of carbonyl (C=O) groups excluding carboxylic acids is 1. The third-order valence-corrected chi connectivity index (χ3v) is 2.85. The highest BCUT2D eigenvalue weighted by Gasteiger charge is 2.24. The van der Waals surface area contributed by atoms with Crippen molar-refractivity contribution in [1.29, 1.82) is 0 Å². The number of hydrogen-bond acceptors (Lipinski definition) is 4. The quantitative estimate of drug-likeness (QED) is 0.669. The van der Waals surface area contributed by atoms with E-state index in [2.05, 4.69) is 16.7 Å². The van der Waals surface area contributed by atoms with Crippen molar-refractivity contribution in [2.24, 2.45) is 0 Å². The number of aliphatic hydroxyl groups is 1. The number of ether oxygens (including phenoxy) is 1. The lowest BCUT2D eigenvalue weighted by Gasteiger charge is -2.21. The van der Waals surface area contributed by atoms with E-state index in [1.165, 1.54) is 13.5 Å². The first kappa shape index (κ1) is 11.5. The fourth-order valence-electron chi connectivity index (χ4n) is 1.95. The smallest absolute Gasteiger partial charge is 0.308 e. The molecule has 82 valence electrons. The summed E-state index contributed by atoms with van der Waals surface area (Å²) in [4.78, 5) is 13.1. The molecule has 4 nitrogen and oxygen atoms in total. The van der Waals surface area contributed by atoms with Crippen LogP contribution in [0.2, 0.25) is 0 Å². The van der Waals surface area contributed by atoms with Crippen LogP contribution in [0.15, 0.2) is 0 Å². The third-order valence-electron chi connectivity index (χ3n) is 2.85. The van der Waals surface area contributed by atoms with Crippen molar-refractivity contribution >= 4 is 5.97 Å². The molecule has 0 bridgehead atoms. The standard InChI is InChI=1S/C10H19NO3/c1-11-5-3-4-8(11)6-9(12)7-10(13)14-2/h8-9,12H,3-7H2,1-2H3. The van der Waals surface area contributed by atoms with E-state index in [0.29, 0.717) is 12.5 Å². The zero-order chi connectivity index (χ0) is 10.6. The van der Waals surface area contributed by atoms with Gasteiger partial charge in [0.05, 0.1) is 19.6 Å². The highest BCUT2D eigenvalue weighted by molar-refractivity contribution is 5.69. The van der Waals surface area contributed by atoms with Crippen LogP contribution in [-0.2, 0) is 9.53 Å². The molecule has 1 fully saturated rings. The SMILES string of the molecule is COC(=O)CC(O)CC1CCCN1C. The maximum Gasteiger partial charge on any atom is 0.308 e. The van der Waals surface area contributed by atoms with Gasteiger partial charge in [-0.05, 0) is 32.9 Å². The average Bonchev–Trinajstić information content (AvgIpc) is 2.51.